The summed E-state index contributed by atoms with van der Waals surface area (Å²) in [7, 11) is 3.09. The lowest BCUT2D eigenvalue weighted by molar-refractivity contribution is -0.137. The summed E-state index contributed by atoms with van der Waals surface area (Å²) in [6.45, 7) is 4.78. The Hall–Kier alpha value is -2.52. The Labute approximate surface area is 158 Å². The number of hydrogen-bond donors (Lipinski definition) is 2. The molecule has 0 radical (unpaired) electrons. The van der Waals surface area contributed by atoms with Crippen molar-refractivity contribution in [3.63, 3.8) is 0 Å². The molecule has 27 heavy (non-hydrogen) atoms. The van der Waals surface area contributed by atoms with Crippen molar-refractivity contribution in [1.82, 2.24) is 20.4 Å². The Balaban J connectivity index is 2.26. The summed E-state index contributed by atoms with van der Waals surface area (Å²) in [6.07, 6.45) is -1.57. The van der Waals surface area contributed by atoms with Crippen molar-refractivity contribution < 1.29 is 28.7 Å². The van der Waals surface area contributed by atoms with E-state index in [-0.39, 0.29) is 12.5 Å². The first-order valence-electron chi connectivity index (χ1n) is 9.17. The van der Waals surface area contributed by atoms with Crippen LogP contribution in [0.15, 0.2) is 0 Å². The average Bonchev–Trinajstić information content (AvgIpc) is 2.84. The standard InChI is InChI=1S/C17H28N4O6/c1-5-19-15(24)27-12-11(13(22)18-3)17(20(4)14(12)23)7-9-21(10-8-17)16(25)26-6-2/h11-12H,5-10H2,1-4H3,(H,18,22)(H,19,24)/t11-,12+/m0/s1. The van der Waals surface area contributed by atoms with Gasteiger partial charge < -0.3 is 29.9 Å². The van der Waals surface area contributed by atoms with Crippen LogP contribution in [0.25, 0.3) is 0 Å². The maximum absolute atomic E-state index is 12.8. The first kappa shape index (κ1) is 20.8. The van der Waals surface area contributed by atoms with E-state index < -0.39 is 35.7 Å². The first-order chi connectivity index (χ1) is 12.8. The quantitative estimate of drug-likeness (QED) is 0.700. The van der Waals surface area contributed by atoms with E-state index >= 15 is 0 Å². The molecule has 0 aromatic carbocycles. The third kappa shape index (κ3) is 3.79. The summed E-state index contributed by atoms with van der Waals surface area (Å²) < 4.78 is 10.3. The van der Waals surface area contributed by atoms with Crippen LogP contribution in [0, 0.1) is 5.92 Å². The number of carbonyl (C=O) groups is 4. The summed E-state index contributed by atoms with van der Waals surface area (Å²) >= 11 is 0. The number of piperidine rings is 1. The molecule has 0 bridgehead atoms. The second kappa shape index (κ2) is 8.45. The molecule has 0 aromatic heterocycles. The van der Waals surface area contributed by atoms with Gasteiger partial charge in [-0.2, -0.15) is 0 Å². The Bertz CT molecular complexity index is 602. The Morgan fingerprint density at radius 2 is 1.85 bits per heavy atom. The van der Waals surface area contributed by atoms with Crippen molar-refractivity contribution in [2.75, 3.05) is 40.3 Å². The van der Waals surface area contributed by atoms with Gasteiger partial charge >= 0.3 is 12.2 Å². The van der Waals surface area contributed by atoms with Crippen LogP contribution < -0.4 is 10.6 Å². The second-order valence-corrected chi connectivity index (χ2v) is 6.63. The maximum atomic E-state index is 12.8. The van der Waals surface area contributed by atoms with Gasteiger partial charge in [0, 0.05) is 33.7 Å². The van der Waals surface area contributed by atoms with Crippen LogP contribution in [0.5, 0.6) is 0 Å². The minimum absolute atomic E-state index is 0.280. The van der Waals surface area contributed by atoms with E-state index in [2.05, 4.69) is 10.6 Å². The molecule has 2 heterocycles. The van der Waals surface area contributed by atoms with Gasteiger partial charge in [0.1, 0.15) is 5.92 Å². The lowest BCUT2D eigenvalue weighted by Crippen LogP contribution is -2.58. The Kier molecular flexibility index (Phi) is 6.50. The van der Waals surface area contributed by atoms with Gasteiger partial charge in [-0.3, -0.25) is 9.59 Å². The summed E-state index contributed by atoms with van der Waals surface area (Å²) in [5.41, 5.74) is -0.822. The van der Waals surface area contributed by atoms with E-state index in [0.29, 0.717) is 32.5 Å². The molecule has 2 aliphatic heterocycles. The minimum Gasteiger partial charge on any atom is -0.450 e. The molecule has 2 fully saturated rings. The molecule has 0 saturated carbocycles. The average molecular weight is 384 g/mol. The molecule has 2 saturated heterocycles. The third-order valence-electron chi connectivity index (χ3n) is 5.36. The van der Waals surface area contributed by atoms with Gasteiger partial charge in [0.15, 0.2) is 6.10 Å². The van der Waals surface area contributed by atoms with Crippen molar-refractivity contribution in [3.05, 3.63) is 0 Å². The fourth-order valence-corrected chi connectivity index (χ4v) is 3.94. The van der Waals surface area contributed by atoms with Gasteiger partial charge in [-0.1, -0.05) is 0 Å². The minimum atomic E-state index is -1.20. The Morgan fingerprint density at radius 1 is 1.22 bits per heavy atom. The topological polar surface area (TPSA) is 117 Å². The predicted octanol–water partition coefficient (Wildman–Crippen LogP) is -0.0736. The highest BCUT2D eigenvalue weighted by Gasteiger charge is 2.62. The molecule has 0 aromatic rings. The molecule has 152 valence electrons. The van der Waals surface area contributed by atoms with E-state index in [1.165, 1.54) is 11.9 Å². The number of nitrogens with one attached hydrogen (secondary N) is 2. The van der Waals surface area contributed by atoms with Crippen molar-refractivity contribution >= 4 is 24.0 Å². The number of hydrogen-bond acceptors (Lipinski definition) is 6. The zero-order chi connectivity index (χ0) is 20.2. The van der Waals surface area contributed by atoms with Gasteiger partial charge in [-0.25, -0.2) is 9.59 Å². The lowest BCUT2D eigenvalue weighted by atomic mass is 9.75. The largest absolute Gasteiger partial charge is 0.450 e. The van der Waals surface area contributed by atoms with Crippen LogP contribution in [-0.4, -0.2) is 85.8 Å². The van der Waals surface area contributed by atoms with Gasteiger partial charge in [0.25, 0.3) is 5.91 Å². The van der Waals surface area contributed by atoms with Crippen LogP contribution in [-0.2, 0) is 19.1 Å². The number of likely N-dealkylation sites (N-methyl/N-ethyl adjacent to an activating group) is 1. The molecule has 1 spiro atoms. The molecule has 4 amide bonds. The second-order valence-electron chi connectivity index (χ2n) is 6.63. The van der Waals surface area contributed by atoms with Crippen molar-refractivity contribution in [1.29, 1.82) is 0 Å². The highest BCUT2D eigenvalue weighted by atomic mass is 16.6. The Morgan fingerprint density at radius 3 is 2.37 bits per heavy atom. The number of nitrogens with zero attached hydrogens (tertiary/aromatic N) is 2. The molecular formula is C17H28N4O6. The number of rotatable bonds is 4. The van der Waals surface area contributed by atoms with E-state index in [0.717, 1.165) is 0 Å². The number of alkyl carbamates (subject to hydrolysis) is 1. The zero-order valence-electron chi connectivity index (χ0n) is 16.2. The fraction of sp³-hybridized carbons (Fsp3) is 0.765. The predicted molar refractivity (Wildman–Crippen MR) is 94.8 cm³/mol. The number of amides is 4. The van der Waals surface area contributed by atoms with E-state index in [4.69, 9.17) is 9.47 Å². The van der Waals surface area contributed by atoms with Gasteiger partial charge in [-0.15, -0.1) is 0 Å². The van der Waals surface area contributed by atoms with Crippen LogP contribution in [0.3, 0.4) is 0 Å². The first-order valence-corrected chi connectivity index (χ1v) is 9.17. The molecular weight excluding hydrogens is 356 g/mol. The van der Waals surface area contributed by atoms with Crippen molar-refractivity contribution in [2.24, 2.45) is 5.92 Å². The number of ether oxygens (including phenoxy) is 2. The molecule has 2 rings (SSSR count). The summed E-state index contributed by atoms with van der Waals surface area (Å²) in [5.74, 6) is -1.64. The number of likely N-dealkylation sites (tertiary alicyclic amines) is 2. The normalized spacial score (nSPS) is 23.9. The summed E-state index contributed by atoms with van der Waals surface area (Å²) in [6, 6.07) is 0. The molecule has 10 nitrogen and oxygen atoms in total. The van der Waals surface area contributed by atoms with E-state index in [9.17, 15) is 19.2 Å². The molecule has 10 heteroatoms. The zero-order valence-corrected chi connectivity index (χ0v) is 16.2. The van der Waals surface area contributed by atoms with Gasteiger partial charge in [-0.05, 0) is 26.7 Å². The van der Waals surface area contributed by atoms with Crippen LogP contribution in [0.1, 0.15) is 26.7 Å². The maximum Gasteiger partial charge on any atom is 0.409 e. The molecule has 2 atom stereocenters. The van der Waals surface area contributed by atoms with Crippen LogP contribution in [0.4, 0.5) is 9.59 Å². The number of carbonyl (C=O) groups excluding carboxylic acids is 4. The monoisotopic (exact) mass is 384 g/mol. The molecule has 0 unspecified atom stereocenters. The summed E-state index contributed by atoms with van der Waals surface area (Å²) in [4.78, 5) is 52.4. The fourth-order valence-electron chi connectivity index (χ4n) is 3.94. The van der Waals surface area contributed by atoms with Crippen molar-refractivity contribution in [2.45, 2.75) is 38.3 Å². The van der Waals surface area contributed by atoms with Crippen LogP contribution >= 0.6 is 0 Å². The van der Waals surface area contributed by atoms with E-state index in [1.54, 1.807) is 25.8 Å². The van der Waals surface area contributed by atoms with Gasteiger partial charge in [0.2, 0.25) is 5.91 Å². The molecule has 2 aliphatic rings. The van der Waals surface area contributed by atoms with Gasteiger partial charge in [0.05, 0.1) is 12.1 Å². The third-order valence-corrected chi connectivity index (χ3v) is 5.36. The molecule has 2 N–H and O–H groups in total. The smallest absolute Gasteiger partial charge is 0.409 e. The van der Waals surface area contributed by atoms with E-state index in [1.807, 2.05) is 0 Å². The SMILES string of the molecule is CCNC(=O)O[C@H]1C(=O)N(C)C2(CCN(C(=O)OCC)CC2)[C@@H]1C(=O)NC. The lowest BCUT2D eigenvalue weighted by Gasteiger charge is -2.45. The van der Waals surface area contributed by atoms with Crippen LogP contribution in [0.2, 0.25) is 0 Å². The molecule has 0 aliphatic carbocycles. The van der Waals surface area contributed by atoms with Crippen molar-refractivity contribution in [3.8, 4) is 0 Å². The highest BCUT2D eigenvalue weighted by molar-refractivity contribution is 5.96. The summed E-state index contributed by atoms with van der Waals surface area (Å²) in [5, 5.41) is 5.05. The highest BCUT2D eigenvalue weighted by Crippen LogP contribution is 2.44.